The van der Waals surface area contributed by atoms with E-state index in [0.717, 1.165) is 5.69 Å². The van der Waals surface area contributed by atoms with Crippen LogP contribution in [0.5, 0.6) is 0 Å². The van der Waals surface area contributed by atoms with Gasteiger partial charge < -0.3 is 10.7 Å². The summed E-state index contributed by atoms with van der Waals surface area (Å²) in [7, 11) is 0. The summed E-state index contributed by atoms with van der Waals surface area (Å²) in [6.45, 7) is 0. The Hall–Kier alpha value is -2.40. The number of nitrogens with two attached hydrogens (primary N) is 1. The van der Waals surface area contributed by atoms with Gasteiger partial charge in [-0.2, -0.15) is 0 Å². The number of nitrogen functional groups attached to an aromatic ring is 1. The molecule has 0 amide bonds. The highest BCUT2D eigenvalue weighted by Gasteiger charge is 2.11. The standard InChI is InChI=1S/C14H10ClFN4/c15-9-3-1-2-8(13(9)16)10-4-5-11(19-10)12-6-7-18-14(17)20-12/h1-7,19H,(H2,17,18,20). The number of benzene rings is 1. The van der Waals surface area contributed by atoms with Crippen molar-refractivity contribution in [2.24, 2.45) is 0 Å². The number of aromatic nitrogens is 3. The van der Waals surface area contributed by atoms with Gasteiger partial charge >= 0.3 is 0 Å². The zero-order valence-electron chi connectivity index (χ0n) is 10.3. The fourth-order valence-electron chi connectivity index (χ4n) is 1.94. The van der Waals surface area contributed by atoms with E-state index in [1.54, 1.807) is 36.5 Å². The Balaban J connectivity index is 2.04. The summed E-state index contributed by atoms with van der Waals surface area (Å²) in [6, 6.07) is 10.2. The van der Waals surface area contributed by atoms with Gasteiger partial charge in [0.1, 0.15) is 0 Å². The molecule has 2 heterocycles. The van der Waals surface area contributed by atoms with Gasteiger partial charge in [-0.3, -0.25) is 0 Å². The molecule has 1 aromatic carbocycles. The summed E-state index contributed by atoms with van der Waals surface area (Å²) in [5.41, 5.74) is 7.95. The first-order valence-electron chi connectivity index (χ1n) is 5.87. The van der Waals surface area contributed by atoms with Gasteiger partial charge in [-0.25, -0.2) is 14.4 Å². The van der Waals surface area contributed by atoms with E-state index in [0.29, 0.717) is 17.0 Å². The molecule has 0 bridgehead atoms. The maximum absolute atomic E-state index is 14.0. The molecule has 3 aromatic rings. The van der Waals surface area contributed by atoms with Crippen molar-refractivity contribution in [3.63, 3.8) is 0 Å². The molecule has 3 N–H and O–H groups in total. The van der Waals surface area contributed by atoms with Crippen molar-refractivity contribution in [3.05, 3.63) is 53.4 Å². The first-order valence-corrected chi connectivity index (χ1v) is 6.25. The van der Waals surface area contributed by atoms with Gasteiger partial charge in [0.15, 0.2) is 5.82 Å². The molecule has 0 unspecified atom stereocenters. The van der Waals surface area contributed by atoms with Crippen molar-refractivity contribution in [2.45, 2.75) is 0 Å². The highest BCUT2D eigenvalue weighted by atomic mass is 35.5. The van der Waals surface area contributed by atoms with Crippen LogP contribution in [-0.4, -0.2) is 15.0 Å². The van der Waals surface area contributed by atoms with Gasteiger partial charge in [0.2, 0.25) is 5.95 Å². The van der Waals surface area contributed by atoms with Crippen molar-refractivity contribution in [2.75, 3.05) is 5.73 Å². The highest BCUT2D eigenvalue weighted by Crippen LogP contribution is 2.28. The predicted molar refractivity (Wildman–Crippen MR) is 76.6 cm³/mol. The van der Waals surface area contributed by atoms with Crippen molar-refractivity contribution in [1.82, 2.24) is 15.0 Å². The minimum absolute atomic E-state index is 0.0879. The molecule has 0 atom stereocenters. The van der Waals surface area contributed by atoms with Crippen LogP contribution in [0.1, 0.15) is 0 Å². The van der Waals surface area contributed by atoms with Crippen LogP contribution in [-0.2, 0) is 0 Å². The Morgan fingerprint density at radius 3 is 2.70 bits per heavy atom. The van der Waals surface area contributed by atoms with Gasteiger partial charge in [-0.15, -0.1) is 0 Å². The molecule has 2 aromatic heterocycles. The quantitative estimate of drug-likeness (QED) is 0.758. The van der Waals surface area contributed by atoms with Gasteiger partial charge in [0.05, 0.1) is 16.4 Å². The lowest BCUT2D eigenvalue weighted by Gasteiger charge is -2.02. The smallest absolute Gasteiger partial charge is 0.220 e. The number of rotatable bonds is 2. The normalized spacial score (nSPS) is 10.7. The Kier molecular flexibility index (Phi) is 3.12. The monoisotopic (exact) mass is 288 g/mol. The second-order valence-electron chi connectivity index (χ2n) is 4.19. The fraction of sp³-hybridized carbons (Fsp3) is 0. The topological polar surface area (TPSA) is 67.6 Å². The number of nitrogens with one attached hydrogen (secondary N) is 1. The summed E-state index contributed by atoms with van der Waals surface area (Å²) < 4.78 is 14.0. The zero-order valence-corrected chi connectivity index (χ0v) is 11.0. The lowest BCUT2D eigenvalue weighted by atomic mass is 10.1. The van der Waals surface area contributed by atoms with Crippen molar-refractivity contribution >= 4 is 17.5 Å². The molecule has 0 saturated carbocycles. The zero-order chi connectivity index (χ0) is 14.1. The molecule has 0 radical (unpaired) electrons. The molecule has 20 heavy (non-hydrogen) atoms. The Morgan fingerprint density at radius 1 is 1.10 bits per heavy atom. The van der Waals surface area contributed by atoms with Crippen LogP contribution in [0, 0.1) is 5.82 Å². The summed E-state index contributed by atoms with van der Waals surface area (Å²) >= 11 is 5.78. The maximum atomic E-state index is 14.0. The first kappa shape index (κ1) is 12.6. The van der Waals surface area contributed by atoms with E-state index in [9.17, 15) is 4.39 Å². The molecule has 0 aliphatic heterocycles. The van der Waals surface area contributed by atoms with Gasteiger partial charge in [-0.1, -0.05) is 17.7 Å². The van der Waals surface area contributed by atoms with Crippen molar-refractivity contribution in [3.8, 4) is 22.6 Å². The molecule has 0 spiro atoms. The van der Waals surface area contributed by atoms with Crippen LogP contribution in [0.15, 0.2) is 42.6 Å². The Labute approximate surface area is 119 Å². The van der Waals surface area contributed by atoms with E-state index in [4.69, 9.17) is 17.3 Å². The molecule has 4 nitrogen and oxygen atoms in total. The summed E-state index contributed by atoms with van der Waals surface area (Å²) in [6.07, 6.45) is 1.57. The van der Waals surface area contributed by atoms with Crippen LogP contribution in [0.2, 0.25) is 5.02 Å². The van der Waals surface area contributed by atoms with Crippen LogP contribution in [0.4, 0.5) is 10.3 Å². The lowest BCUT2D eigenvalue weighted by molar-refractivity contribution is 0.631. The number of H-pyrrole nitrogens is 1. The first-order chi connectivity index (χ1) is 9.65. The maximum Gasteiger partial charge on any atom is 0.220 e. The average Bonchev–Trinajstić information content (AvgIpc) is 2.91. The number of nitrogens with zero attached hydrogens (tertiary/aromatic N) is 2. The van der Waals surface area contributed by atoms with E-state index in [1.165, 1.54) is 6.07 Å². The van der Waals surface area contributed by atoms with Crippen LogP contribution >= 0.6 is 11.6 Å². The minimum atomic E-state index is -0.454. The van der Waals surface area contributed by atoms with Crippen molar-refractivity contribution < 1.29 is 4.39 Å². The largest absolute Gasteiger partial charge is 0.368 e. The Morgan fingerprint density at radius 2 is 1.90 bits per heavy atom. The van der Waals surface area contributed by atoms with E-state index in [1.807, 2.05) is 0 Å². The SMILES string of the molecule is Nc1nccc(-c2ccc(-c3cccc(Cl)c3F)[nH]2)n1. The van der Waals surface area contributed by atoms with Gasteiger partial charge in [-0.05, 0) is 30.3 Å². The summed E-state index contributed by atoms with van der Waals surface area (Å²) in [5, 5.41) is 0.0879. The molecule has 6 heteroatoms. The second kappa shape index (κ2) is 4.94. The molecule has 0 fully saturated rings. The summed E-state index contributed by atoms with van der Waals surface area (Å²) in [5.74, 6) is -0.266. The summed E-state index contributed by atoms with van der Waals surface area (Å²) in [4.78, 5) is 11.0. The minimum Gasteiger partial charge on any atom is -0.368 e. The predicted octanol–water partition coefficient (Wildman–Crippen LogP) is 3.51. The number of hydrogen-bond acceptors (Lipinski definition) is 3. The molecular weight excluding hydrogens is 279 g/mol. The molecule has 3 rings (SSSR count). The number of aromatic amines is 1. The third-order valence-electron chi connectivity index (χ3n) is 2.88. The third-order valence-corrected chi connectivity index (χ3v) is 3.17. The molecule has 0 saturated heterocycles. The van der Waals surface area contributed by atoms with Crippen LogP contribution in [0.25, 0.3) is 22.6 Å². The molecule has 100 valence electrons. The van der Waals surface area contributed by atoms with Crippen LogP contribution in [0.3, 0.4) is 0 Å². The number of anilines is 1. The van der Waals surface area contributed by atoms with Gasteiger partial charge in [0.25, 0.3) is 0 Å². The number of hydrogen-bond donors (Lipinski definition) is 2. The molecular formula is C14H10ClFN4. The van der Waals surface area contributed by atoms with E-state index in [2.05, 4.69) is 15.0 Å². The number of halogens is 2. The second-order valence-corrected chi connectivity index (χ2v) is 4.59. The van der Waals surface area contributed by atoms with E-state index in [-0.39, 0.29) is 11.0 Å². The van der Waals surface area contributed by atoms with E-state index >= 15 is 0 Å². The van der Waals surface area contributed by atoms with E-state index < -0.39 is 5.82 Å². The van der Waals surface area contributed by atoms with Gasteiger partial charge in [0, 0.05) is 17.5 Å². The van der Waals surface area contributed by atoms with Crippen LogP contribution < -0.4 is 5.73 Å². The fourth-order valence-corrected chi connectivity index (χ4v) is 2.11. The third kappa shape index (κ3) is 2.23. The average molecular weight is 289 g/mol. The Bertz CT molecular complexity index is 769. The molecule has 0 aliphatic carbocycles. The lowest BCUT2D eigenvalue weighted by Crippen LogP contribution is -1.95. The van der Waals surface area contributed by atoms with Crippen molar-refractivity contribution in [1.29, 1.82) is 0 Å². The molecule has 0 aliphatic rings. The highest BCUT2D eigenvalue weighted by molar-refractivity contribution is 6.31.